The van der Waals surface area contributed by atoms with Crippen LogP contribution in [-0.4, -0.2) is 24.5 Å². The lowest BCUT2D eigenvalue weighted by molar-refractivity contribution is 0.0953. The highest BCUT2D eigenvalue weighted by Crippen LogP contribution is 2.10. The normalized spacial score (nSPS) is 10.3. The quantitative estimate of drug-likeness (QED) is 0.727. The first-order valence-corrected chi connectivity index (χ1v) is 8.45. The van der Waals surface area contributed by atoms with Crippen LogP contribution in [0.25, 0.3) is 0 Å². The number of carbonyl (C=O) groups is 1. The summed E-state index contributed by atoms with van der Waals surface area (Å²) in [5.41, 5.74) is 0.723. The summed E-state index contributed by atoms with van der Waals surface area (Å²) in [5, 5.41) is 2.95. The fourth-order valence-corrected chi connectivity index (χ4v) is 2.39. The van der Waals surface area contributed by atoms with Crippen molar-refractivity contribution in [1.29, 1.82) is 0 Å². The van der Waals surface area contributed by atoms with Crippen LogP contribution in [0.3, 0.4) is 0 Å². The van der Waals surface area contributed by atoms with Gasteiger partial charge in [-0.05, 0) is 49.1 Å². The highest BCUT2D eigenvalue weighted by atomic mass is 79.9. The number of hydrogen-bond acceptors (Lipinski definition) is 2. The summed E-state index contributed by atoms with van der Waals surface area (Å²) in [6, 6.07) is 7.43. The number of carbonyl (C=O) groups excluding carboxylic acids is 1. The number of amides is 1. The second-order valence-corrected chi connectivity index (χ2v) is 6.07. The summed E-state index contributed by atoms with van der Waals surface area (Å²) in [4.78, 5) is 11.8. The number of halogens is 1. The van der Waals surface area contributed by atoms with Crippen LogP contribution in [-0.2, 0) is 0 Å². The summed E-state index contributed by atoms with van der Waals surface area (Å²) < 4.78 is 0.993. The van der Waals surface area contributed by atoms with E-state index in [0.29, 0.717) is 0 Å². The molecule has 0 aliphatic heterocycles. The Kier molecular flexibility index (Phi) is 8.18. The minimum Gasteiger partial charge on any atom is -0.352 e. The molecule has 0 fully saturated rings. The number of benzene rings is 1. The maximum absolute atomic E-state index is 11.8. The number of unbranched alkanes of at least 4 members (excludes halogenated alkanes) is 3. The lowest BCUT2D eigenvalue weighted by Crippen LogP contribution is -2.24. The Morgan fingerprint density at radius 1 is 1.17 bits per heavy atom. The van der Waals surface area contributed by atoms with Gasteiger partial charge in [0.1, 0.15) is 0 Å². The summed E-state index contributed by atoms with van der Waals surface area (Å²) >= 11 is 5.25. The predicted molar refractivity (Wildman–Crippen MR) is 83.3 cm³/mol. The van der Waals surface area contributed by atoms with Crippen molar-refractivity contribution in [1.82, 2.24) is 5.32 Å². The summed E-state index contributed by atoms with van der Waals surface area (Å²) in [6.45, 7) is 0.772. The lowest BCUT2D eigenvalue weighted by atomic mass is 10.2. The average molecular weight is 330 g/mol. The molecule has 18 heavy (non-hydrogen) atoms. The Balaban J connectivity index is 2.12. The molecular weight excluding hydrogens is 310 g/mol. The molecule has 0 spiro atoms. The van der Waals surface area contributed by atoms with Crippen LogP contribution in [0.5, 0.6) is 0 Å². The van der Waals surface area contributed by atoms with E-state index < -0.39 is 0 Å². The van der Waals surface area contributed by atoms with Crippen molar-refractivity contribution in [3.05, 3.63) is 34.3 Å². The maximum Gasteiger partial charge on any atom is 0.251 e. The van der Waals surface area contributed by atoms with E-state index in [9.17, 15) is 4.79 Å². The molecule has 0 aromatic heterocycles. The van der Waals surface area contributed by atoms with Gasteiger partial charge in [0, 0.05) is 16.6 Å². The van der Waals surface area contributed by atoms with Gasteiger partial charge < -0.3 is 5.32 Å². The number of nitrogens with one attached hydrogen (secondary N) is 1. The van der Waals surface area contributed by atoms with E-state index in [4.69, 9.17) is 0 Å². The SMILES string of the molecule is CSCCCCCCNC(=O)c1ccc(Br)cc1. The molecule has 0 heterocycles. The molecule has 1 aromatic carbocycles. The minimum atomic E-state index is 0.0200. The zero-order valence-corrected chi connectivity index (χ0v) is 13.1. The Morgan fingerprint density at radius 2 is 1.83 bits per heavy atom. The first-order valence-electron chi connectivity index (χ1n) is 6.26. The largest absolute Gasteiger partial charge is 0.352 e. The van der Waals surface area contributed by atoms with Crippen molar-refractivity contribution in [2.75, 3.05) is 18.6 Å². The van der Waals surface area contributed by atoms with Crippen LogP contribution in [0.4, 0.5) is 0 Å². The highest BCUT2D eigenvalue weighted by Gasteiger charge is 2.03. The third-order valence-corrected chi connectivity index (χ3v) is 3.89. The average Bonchev–Trinajstić information content (AvgIpc) is 2.38. The molecule has 0 aliphatic rings. The minimum absolute atomic E-state index is 0.0200. The second-order valence-electron chi connectivity index (χ2n) is 4.17. The van der Waals surface area contributed by atoms with Gasteiger partial charge in [0.25, 0.3) is 5.91 Å². The second kappa shape index (κ2) is 9.45. The summed E-state index contributed by atoms with van der Waals surface area (Å²) in [7, 11) is 0. The molecule has 4 heteroatoms. The molecule has 1 aromatic rings. The fourth-order valence-electron chi connectivity index (χ4n) is 1.63. The molecule has 0 saturated carbocycles. The van der Waals surface area contributed by atoms with Gasteiger partial charge >= 0.3 is 0 Å². The third-order valence-electron chi connectivity index (χ3n) is 2.67. The fraction of sp³-hybridized carbons (Fsp3) is 0.500. The van der Waals surface area contributed by atoms with Crippen molar-refractivity contribution in [3.8, 4) is 0 Å². The number of rotatable bonds is 8. The Labute approximate surface area is 122 Å². The lowest BCUT2D eigenvalue weighted by Gasteiger charge is -2.05. The van der Waals surface area contributed by atoms with Crippen LogP contribution in [0, 0.1) is 0 Å². The van der Waals surface area contributed by atoms with E-state index in [0.717, 1.165) is 23.0 Å². The zero-order valence-electron chi connectivity index (χ0n) is 10.7. The van der Waals surface area contributed by atoms with Crippen molar-refractivity contribution < 1.29 is 4.79 Å². The van der Waals surface area contributed by atoms with Crippen LogP contribution >= 0.6 is 27.7 Å². The number of thioether (sulfide) groups is 1. The molecule has 0 atom stereocenters. The molecule has 100 valence electrons. The zero-order chi connectivity index (χ0) is 13.2. The van der Waals surface area contributed by atoms with Gasteiger partial charge in [0.05, 0.1) is 0 Å². The summed E-state index contributed by atoms with van der Waals surface area (Å²) in [6.07, 6.45) is 6.94. The smallest absolute Gasteiger partial charge is 0.251 e. The molecule has 0 unspecified atom stereocenters. The van der Waals surface area contributed by atoms with Crippen LogP contribution in [0.1, 0.15) is 36.0 Å². The van der Waals surface area contributed by atoms with E-state index in [1.807, 2.05) is 36.0 Å². The van der Waals surface area contributed by atoms with E-state index in [1.54, 1.807) is 0 Å². The standard InChI is InChI=1S/C14H20BrNOS/c1-18-11-5-3-2-4-10-16-14(17)12-6-8-13(15)9-7-12/h6-9H,2-5,10-11H2,1H3,(H,16,17). The molecular formula is C14H20BrNOS. The Bertz CT molecular complexity index is 353. The van der Waals surface area contributed by atoms with Gasteiger partial charge in [0.2, 0.25) is 0 Å². The van der Waals surface area contributed by atoms with Gasteiger partial charge in [0.15, 0.2) is 0 Å². The third kappa shape index (κ3) is 6.45. The van der Waals surface area contributed by atoms with Gasteiger partial charge in [-0.2, -0.15) is 11.8 Å². The van der Waals surface area contributed by atoms with Gasteiger partial charge in [-0.3, -0.25) is 4.79 Å². The van der Waals surface area contributed by atoms with E-state index in [1.165, 1.54) is 25.0 Å². The van der Waals surface area contributed by atoms with Crippen LogP contribution in [0.15, 0.2) is 28.7 Å². The first-order chi connectivity index (χ1) is 8.74. The van der Waals surface area contributed by atoms with Gasteiger partial charge in [-0.25, -0.2) is 0 Å². The topological polar surface area (TPSA) is 29.1 Å². The van der Waals surface area contributed by atoms with Gasteiger partial charge in [-0.15, -0.1) is 0 Å². The highest BCUT2D eigenvalue weighted by molar-refractivity contribution is 9.10. The van der Waals surface area contributed by atoms with E-state index >= 15 is 0 Å². The van der Waals surface area contributed by atoms with E-state index in [2.05, 4.69) is 27.5 Å². The first kappa shape index (κ1) is 15.6. The van der Waals surface area contributed by atoms with Crippen LogP contribution < -0.4 is 5.32 Å². The number of hydrogen-bond donors (Lipinski definition) is 1. The van der Waals surface area contributed by atoms with Gasteiger partial charge in [-0.1, -0.05) is 28.8 Å². The molecule has 1 N–H and O–H groups in total. The molecule has 0 bridgehead atoms. The molecule has 0 aliphatic carbocycles. The Hall–Kier alpha value is -0.480. The maximum atomic E-state index is 11.8. The Morgan fingerprint density at radius 3 is 2.50 bits per heavy atom. The molecule has 1 amide bonds. The summed E-state index contributed by atoms with van der Waals surface area (Å²) in [5.74, 6) is 1.26. The van der Waals surface area contributed by atoms with Crippen molar-refractivity contribution in [3.63, 3.8) is 0 Å². The monoisotopic (exact) mass is 329 g/mol. The molecule has 1 rings (SSSR count). The van der Waals surface area contributed by atoms with Crippen molar-refractivity contribution in [2.24, 2.45) is 0 Å². The van der Waals surface area contributed by atoms with Crippen molar-refractivity contribution in [2.45, 2.75) is 25.7 Å². The molecule has 0 saturated heterocycles. The molecule has 2 nitrogen and oxygen atoms in total. The van der Waals surface area contributed by atoms with Crippen molar-refractivity contribution >= 4 is 33.6 Å². The predicted octanol–water partition coefficient (Wildman–Crippen LogP) is 4.10. The van der Waals surface area contributed by atoms with Crippen LogP contribution in [0.2, 0.25) is 0 Å². The molecule has 0 radical (unpaired) electrons. The van der Waals surface area contributed by atoms with E-state index in [-0.39, 0.29) is 5.91 Å².